The predicted octanol–water partition coefficient (Wildman–Crippen LogP) is 2.37. The Morgan fingerprint density at radius 2 is 2.00 bits per heavy atom. The molecule has 1 aromatic heterocycles. The highest BCUT2D eigenvalue weighted by Gasteiger charge is 2.10. The van der Waals surface area contributed by atoms with Crippen LogP contribution in [0, 0.1) is 5.82 Å². The highest BCUT2D eigenvalue weighted by atomic mass is 19.1. The molecule has 0 bridgehead atoms. The van der Waals surface area contributed by atoms with E-state index in [2.05, 4.69) is 15.3 Å². The number of hydrogen-bond donors (Lipinski definition) is 2. The van der Waals surface area contributed by atoms with Gasteiger partial charge in [-0.25, -0.2) is 14.4 Å². The molecule has 88 valence electrons. The topological polar surface area (TPSA) is 63.8 Å². The van der Waals surface area contributed by atoms with Crippen LogP contribution >= 0.6 is 0 Å². The second-order valence-corrected chi connectivity index (χ2v) is 3.71. The summed E-state index contributed by atoms with van der Waals surface area (Å²) in [6, 6.07) is 6.44. The molecule has 0 aliphatic rings. The molecule has 4 nitrogen and oxygen atoms in total. The zero-order valence-corrected chi connectivity index (χ0v) is 9.39. The molecular formula is C12H13FN4. The molecule has 0 radical (unpaired) electrons. The molecular weight excluding hydrogens is 219 g/mol. The van der Waals surface area contributed by atoms with E-state index in [1.165, 1.54) is 18.5 Å². The molecule has 3 N–H and O–H groups in total. The first-order chi connectivity index (χ1) is 8.16. The first-order valence-corrected chi connectivity index (χ1v) is 5.25. The summed E-state index contributed by atoms with van der Waals surface area (Å²) >= 11 is 0. The largest absolute Gasteiger partial charge is 0.382 e. The molecule has 0 saturated carbocycles. The fraction of sp³-hybridized carbons (Fsp3) is 0.167. The van der Waals surface area contributed by atoms with Crippen molar-refractivity contribution in [3.63, 3.8) is 0 Å². The maximum Gasteiger partial charge on any atom is 0.145 e. The lowest BCUT2D eigenvalue weighted by Gasteiger charge is -2.15. The summed E-state index contributed by atoms with van der Waals surface area (Å²) in [5.41, 5.74) is 6.02. The van der Waals surface area contributed by atoms with Crippen molar-refractivity contribution in [2.45, 2.75) is 13.0 Å². The van der Waals surface area contributed by atoms with Gasteiger partial charge in [-0.05, 0) is 13.0 Å². The number of nitrogens with two attached hydrogens (primary N) is 1. The monoisotopic (exact) mass is 232 g/mol. The van der Waals surface area contributed by atoms with Gasteiger partial charge in [-0.2, -0.15) is 0 Å². The SMILES string of the molecule is CC(Nc1cnc(N)cn1)c1ccccc1F. The first kappa shape index (κ1) is 11.3. The molecule has 2 aromatic rings. The lowest BCUT2D eigenvalue weighted by molar-refractivity contribution is 0.600. The fourth-order valence-electron chi connectivity index (χ4n) is 1.54. The number of hydrogen-bond acceptors (Lipinski definition) is 4. The number of nitrogens with one attached hydrogen (secondary N) is 1. The Morgan fingerprint density at radius 3 is 2.65 bits per heavy atom. The summed E-state index contributed by atoms with van der Waals surface area (Å²) in [6.45, 7) is 1.86. The Hall–Kier alpha value is -2.17. The van der Waals surface area contributed by atoms with Gasteiger partial charge >= 0.3 is 0 Å². The highest BCUT2D eigenvalue weighted by Crippen LogP contribution is 2.19. The van der Waals surface area contributed by atoms with E-state index in [9.17, 15) is 4.39 Å². The Labute approximate surface area is 98.7 Å². The maximum atomic E-state index is 13.5. The third kappa shape index (κ3) is 2.69. The number of nitrogens with zero attached hydrogens (tertiary/aromatic N) is 2. The minimum Gasteiger partial charge on any atom is -0.382 e. The molecule has 1 heterocycles. The van der Waals surface area contributed by atoms with Gasteiger partial charge in [-0.15, -0.1) is 0 Å². The van der Waals surface area contributed by atoms with Gasteiger partial charge in [-0.1, -0.05) is 18.2 Å². The van der Waals surface area contributed by atoms with Crippen molar-refractivity contribution in [2.24, 2.45) is 0 Å². The van der Waals surface area contributed by atoms with Crippen molar-refractivity contribution in [3.8, 4) is 0 Å². The van der Waals surface area contributed by atoms with Gasteiger partial charge in [0.05, 0.1) is 18.4 Å². The standard InChI is InChI=1S/C12H13FN4/c1-8(9-4-2-3-5-10(9)13)17-12-7-15-11(14)6-16-12/h2-8H,1H3,(H2,14,15)(H,16,17). The molecule has 2 rings (SSSR count). The van der Waals surface area contributed by atoms with Crippen molar-refractivity contribution in [1.82, 2.24) is 9.97 Å². The van der Waals surface area contributed by atoms with Crippen molar-refractivity contribution < 1.29 is 4.39 Å². The zero-order valence-electron chi connectivity index (χ0n) is 9.39. The van der Waals surface area contributed by atoms with E-state index in [1.807, 2.05) is 6.92 Å². The predicted molar refractivity (Wildman–Crippen MR) is 64.9 cm³/mol. The van der Waals surface area contributed by atoms with E-state index in [1.54, 1.807) is 18.2 Å². The summed E-state index contributed by atoms with van der Waals surface area (Å²) in [5.74, 6) is 0.681. The lowest BCUT2D eigenvalue weighted by Crippen LogP contribution is -2.10. The average Bonchev–Trinajstić information content (AvgIpc) is 2.32. The lowest BCUT2D eigenvalue weighted by atomic mass is 10.1. The number of benzene rings is 1. The molecule has 17 heavy (non-hydrogen) atoms. The van der Waals surface area contributed by atoms with Crippen LogP contribution in [0.25, 0.3) is 0 Å². The second kappa shape index (κ2) is 4.78. The first-order valence-electron chi connectivity index (χ1n) is 5.25. The Morgan fingerprint density at radius 1 is 1.24 bits per heavy atom. The zero-order chi connectivity index (χ0) is 12.3. The van der Waals surface area contributed by atoms with Crippen LogP contribution < -0.4 is 11.1 Å². The van der Waals surface area contributed by atoms with Crippen LogP contribution in [0.2, 0.25) is 0 Å². The fourth-order valence-corrected chi connectivity index (χ4v) is 1.54. The van der Waals surface area contributed by atoms with Gasteiger partial charge in [-0.3, -0.25) is 0 Å². The van der Waals surface area contributed by atoms with E-state index in [0.29, 0.717) is 17.2 Å². The van der Waals surface area contributed by atoms with Crippen LogP contribution in [-0.2, 0) is 0 Å². The average molecular weight is 232 g/mol. The number of rotatable bonds is 3. The molecule has 0 saturated heterocycles. The third-order valence-corrected chi connectivity index (χ3v) is 2.41. The van der Waals surface area contributed by atoms with Crippen LogP contribution in [0.3, 0.4) is 0 Å². The summed E-state index contributed by atoms with van der Waals surface area (Å²) in [5, 5.41) is 3.06. The van der Waals surface area contributed by atoms with Gasteiger partial charge in [0.1, 0.15) is 17.5 Å². The minimum atomic E-state index is -0.240. The Kier molecular flexibility index (Phi) is 3.18. The molecule has 0 fully saturated rings. The highest BCUT2D eigenvalue weighted by molar-refractivity contribution is 5.39. The number of nitrogen functional groups attached to an aromatic ring is 1. The third-order valence-electron chi connectivity index (χ3n) is 2.41. The number of halogens is 1. The van der Waals surface area contributed by atoms with Crippen LogP contribution in [0.5, 0.6) is 0 Å². The Bertz CT molecular complexity index is 498. The summed E-state index contributed by atoms with van der Waals surface area (Å²) in [4.78, 5) is 7.96. The summed E-state index contributed by atoms with van der Waals surface area (Å²) in [7, 11) is 0. The van der Waals surface area contributed by atoms with Gasteiger partial charge in [0.2, 0.25) is 0 Å². The van der Waals surface area contributed by atoms with Crippen LogP contribution in [0.15, 0.2) is 36.7 Å². The maximum absolute atomic E-state index is 13.5. The van der Waals surface area contributed by atoms with E-state index in [0.717, 1.165) is 0 Å². The molecule has 1 unspecified atom stereocenters. The van der Waals surface area contributed by atoms with Crippen LogP contribution in [-0.4, -0.2) is 9.97 Å². The van der Waals surface area contributed by atoms with E-state index in [-0.39, 0.29) is 11.9 Å². The molecule has 0 amide bonds. The molecule has 0 spiro atoms. The second-order valence-electron chi connectivity index (χ2n) is 3.71. The van der Waals surface area contributed by atoms with Crippen LogP contribution in [0.4, 0.5) is 16.0 Å². The van der Waals surface area contributed by atoms with E-state index >= 15 is 0 Å². The van der Waals surface area contributed by atoms with E-state index < -0.39 is 0 Å². The van der Waals surface area contributed by atoms with Gasteiger partial charge in [0.25, 0.3) is 0 Å². The van der Waals surface area contributed by atoms with E-state index in [4.69, 9.17) is 5.73 Å². The smallest absolute Gasteiger partial charge is 0.145 e. The Balaban J connectivity index is 2.14. The van der Waals surface area contributed by atoms with Gasteiger partial charge in [0, 0.05) is 5.56 Å². The molecule has 1 atom stereocenters. The molecule has 1 aromatic carbocycles. The molecule has 5 heteroatoms. The normalized spacial score (nSPS) is 12.1. The summed E-state index contributed by atoms with van der Waals surface area (Å²) < 4.78 is 13.5. The number of anilines is 2. The molecule has 0 aliphatic heterocycles. The molecule has 0 aliphatic carbocycles. The van der Waals surface area contributed by atoms with Gasteiger partial charge < -0.3 is 11.1 Å². The number of aromatic nitrogens is 2. The summed E-state index contributed by atoms with van der Waals surface area (Å²) in [6.07, 6.45) is 2.98. The van der Waals surface area contributed by atoms with Crippen LogP contribution in [0.1, 0.15) is 18.5 Å². The van der Waals surface area contributed by atoms with Crippen molar-refractivity contribution in [2.75, 3.05) is 11.1 Å². The van der Waals surface area contributed by atoms with Crippen molar-refractivity contribution in [1.29, 1.82) is 0 Å². The van der Waals surface area contributed by atoms with Gasteiger partial charge in [0.15, 0.2) is 0 Å². The minimum absolute atomic E-state index is 0.186. The van der Waals surface area contributed by atoms with Crippen molar-refractivity contribution in [3.05, 3.63) is 48.0 Å². The van der Waals surface area contributed by atoms with Crippen molar-refractivity contribution >= 4 is 11.6 Å². The quantitative estimate of drug-likeness (QED) is 0.852.